The number of rotatable bonds is 3. The van der Waals surface area contributed by atoms with Gasteiger partial charge >= 0.3 is 5.97 Å². The van der Waals surface area contributed by atoms with Crippen LogP contribution in [0, 0.1) is 0 Å². The molecule has 1 fully saturated rings. The van der Waals surface area contributed by atoms with Crippen LogP contribution in [-0.2, 0) is 0 Å². The number of carbonyl (C=O) groups is 1. The molecule has 0 amide bonds. The first kappa shape index (κ1) is 11.5. The van der Waals surface area contributed by atoms with Gasteiger partial charge in [0.1, 0.15) is 0 Å². The maximum atomic E-state index is 10.9. The van der Waals surface area contributed by atoms with E-state index in [1.54, 1.807) is 22.9 Å². The highest BCUT2D eigenvalue weighted by atomic mass is 79.9. The third-order valence-electron chi connectivity index (χ3n) is 3.05. The zero-order chi connectivity index (χ0) is 12.7. The van der Waals surface area contributed by atoms with Gasteiger partial charge in [-0.05, 0) is 53.0 Å². The van der Waals surface area contributed by atoms with E-state index in [1.807, 2.05) is 12.3 Å². The standard InChI is InChI=1S/C13H11BrN2O2/c14-11-7-9(3-4-10(11)13(17)18)16-6-5-12(15-16)8-1-2-8/h3-8H,1-2H2,(H,17,18). The van der Waals surface area contributed by atoms with Gasteiger partial charge in [-0.1, -0.05) is 0 Å². The highest BCUT2D eigenvalue weighted by Gasteiger charge is 2.25. The normalized spacial score (nSPS) is 14.7. The second-order valence-electron chi connectivity index (χ2n) is 4.43. The molecular weight excluding hydrogens is 296 g/mol. The Kier molecular flexibility index (Phi) is 2.70. The summed E-state index contributed by atoms with van der Waals surface area (Å²) in [4.78, 5) is 10.9. The Hall–Kier alpha value is -1.62. The summed E-state index contributed by atoms with van der Waals surface area (Å²) in [6.45, 7) is 0. The number of hydrogen-bond donors (Lipinski definition) is 1. The smallest absolute Gasteiger partial charge is 0.336 e. The van der Waals surface area contributed by atoms with Crippen LogP contribution < -0.4 is 0 Å². The molecule has 0 atom stereocenters. The Bertz CT molecular complexity index is 617. The number of nitrogens with zero attached hydrogens (tertiary/aromatic N) is 2. The minimum absolute atomic E-state index is 0.258. The average molecular weight is 307 g/mol. The molecular formula is C13H11BrN2O2. The predicted octanol–water partition coefficient (Wildman–Crippen LogP) is 3.21. The van der Waals surface area contributed by atoms with E-state index in [-0.39, 0.29) is 5.56 Å². The minimum Gasteiger partial charge on any atom is -0.478 e. The van der Waals surface area contributed by atoms with E-state index in [4.69, 9.17) is 5.11 Å². The van der Waals surface area contributed by atoms with Gasteiger partial charge in [-0.2, -0.15) is 5.10 Å². The van der Waals surface area contributed by atoms with Crippen LogP contribution >= 0.6 is 15.9 Å². The summed E-state index contributed by atoms with van der Waals surface area (Å²) >= 11 is 3.27. The molecule has 4 nitrogen and oxygen atoms in total. The average Bonchev–Trinajstić information content (AvgIpc) is 3.06. The third kappa shape index (κ3) is 2.06. The summed E-state index contributed by atoms with van der Waals surface area (Å²) in [5.41, 5.74) is 2.24. The van der Waals surface area contributed by atoms with Crippen LogP contribution in [0.1, 0.15) is 34.8 Å². The third-order valence-corrected chi connectivity index (χ3v) is 3.71. The molecule has 2 aromatic rings. The van der Waals surface area contributed by atoms with Crippen molar-refractivity contribution in [2.24, 2.45) is 0 Å². The maximum Gasteiger partial charge on any atom is 0.336 e. The van der Waals surface area contributed by atoms with Crippen LogP contribution in [-0.4, -0.2) is 20.9 Å². The molecule has 0 radical (unpaired) electrons. The van der Waals surface area contributed by atoms with E-state index in [1.165, 1.54) is 12.8 Å². The van der Waals surface area contributed by atoms with Gasteiger partial charge in [-0.25, -0.2) is 9.48 Å². The zero-order valence-corrected chi connectivity index (χ0v) is 11.1. The topological polar surface area (TPSA) is 55.1 Å². The monoisotopic (exact) mass is 306 g/mol. The van der Waals surface area contributed by atoms with E-state index in [0.29, 0.717) is 10.4 Å². The molecule has 1 aliphatic rings. The zero-order valence-electron chi connectivity index (χ0n) is 9.51. The Balaban J connectivity index is 1.95. The molecule has 0 aliphatic heterocycles. The summed E-state index contributed by atoms with van der Waals surface area (Å²) in [6.07, 6.45) is 4.35. The molecule has 1 aromatic heterocycles. The molecule has 0 unspecified atom stereocenters. The lowest BCUT2D eigenvalue weighted by Crippen LogP contribution is -2.01. The number of carboxylic acid groups (broad SMARTS) is 1. The van der Waals surface area contributed by atoms with E-state index in [0.717, 1.165) is 11.4 Å². The van der Waals surface area contributed by atoms with Crippen molar-refractivity contribution in [1.29, 1.82) is 0 Å². The van der Waals surface area contributed by atoms with Gasteiger partial charge in [-0.15, -0.1) is 0 Å². The summed E-state index contributed by atoms with van der Waals surface area (Å²) in [6, 6.07) is 7.14. The summed E-state index contributed by atoms with van der Waals surface area (Å²) in [7, 11) is 0. The van der Waals surface area contributed by atoms with Gasteiger partial charge in [0.15, 0.2) is 0 Å². The number of hydrogen-bond acceptors (Lipinski definition) is 2. The second kappa shape index (κ2) is 4.24. The quantitative estimate of drug-likeness (QED) is 0.947. The van der Waals surface area contributed by atoms with E-state index < -0.39 is 5.97 Å². The lowest BCUT2D eigenvalue weighted by atomic mass is 10.2. The summed E-state index contributed by atoms with van der Waals surface area (Å²) in [5.74, 6) is -0.319. The van der Waals surface area contributed by atoms with Crippen molar-refractivity contribution in [3.05, 3.63) is 46.2 Å². The van der Waals surface area contributed by atoms with Gasteiger partial charge in [0.05, 0.1) is 16.9 Å². The first-order valence-electron chi connectivity index (χ1n) is 5.74. The molecule has 1 heterocycles. The molecule has 0 bridgehead atoms. The van der Waals surface area contributed by atoms with Crippen molar-refractivity contribution in [2.75, 3.05) is 0 Å². The van der Waals surface area contributed by atoms with Gasteiger partial charge in [0.25, 0.3) is 0 Å². The Morgan fingerprint density at radius 1 is 1.39 bits per heavy atom. The van der Waals surface area contributed by atoms with Gasteiger partial charge in [0.2, 0.25) is 0 Å². The van der Waals surface area contributed by atoms with Crippen molar-refractivity contribution in [1.82, 2.24) is 9.78 Å². The van der Waals surface area contributed by atoms with Crippen LogP contribution in [0.2, 0.25) is 0 Å². The maximum absolute atomic E-state index is 10.9. The highest BCUT2D eigenvalue weighted by molar-refractivity contribution is 9.10. The SMILES string of the molecule is O=C(O)c1ccc(-n2ccc(C3CC3)n2)cc1Br. The number of halogens is 1. The number of benzene rings is 1. The lowest BCUT2D eigenvalue weighted by molar-refractivity contribution is 0.0696. The molecule has 1 aromatic carbocycles. The van der Waals surface area contributed by atoms with Crippen molar-refractivity contribution in [3.8, 4) is 5.69 Å². The minimum atomic E-state index is -0.937. The fourth-order valence-electron chi connectivity index (χ4n) is 1.90. The van der Waals surface area contributed by atoms with Crippen molar-refractivity contribution < 1.29 is 9.90 Å². The molecule has 0 spiro atoms. The largest absolute Gasteiger partial charge is 0.478 e. The van der Waals surface area contributed by atoms with Crippen LogP contribution in [0.5, 0.6) is 0 Å². The molecule has 3 rings (SSSR count). The number of carboxylic acids is 1. The van der Waals surface area contributed by atoms with Crippen LogP contribution in [0.3, 0.4) is 0 Å². The van der Waals surface area contributed by atoms with Crippen LogP contribution in [0.25, 0.3) is 5.69 Å². The Labute approximate surface area is 112 Å². The number of aromatic carboxylic acids is 1. The molecule has 92 valence electrons. The second-order valence-corrected chi connectivity index (χ2v) is 5.28. The molecule has 1 saturated carbocycles. The lowest BCUT2D eigenvalue weighted by Gasteiger charge is -2.04. The predicted molar refractivity (Wildman–Crippen MR) is 70.2 cm³/mol. The Morgan fingerprint density at radius 3 is 2.78 bits per heavy atom. The molecule has 1 aliphatic carbocycles. The fourth-order valence-corrected chi connectivity index (χ4v) is 2.43. The molecule has 0 saturated heterocycles. The Morgan fingerprint density at radius 2 is 2.17 bits per heavy atom. The van der Waals surface area contributed by atoms with Gasteiger partial charge in [-0.3, -0.25) is 0 Å². The van der Waals surface area contributed by atoms with Crippen molar-refractivity contribution >= 4 is 21.9 Å². The number of aromatic nitrogens is 2. The summed E-state index contributed by atoms with van der Waals surface area (Å²) < 4.78 is 2.35. The molecule has 5 heteroatoms. The molecule has 18 heavy (non-hydrogen) atoms. The van der Waals surface area contributed by atoms with E-state index in [2.05, 4.69) is 21.0 Å². The van der Waals surface area contributed by atoms with Crippen LogP contribution in [0.15, 0.2) is 34.9 Å². The van der Waals surface area contributed by atoms with E-state index in [9.17, 15) is 4.79 Å². The van der Waals surface area contributed by atoms with Crippen molar-refractivity contribution in [3.63, 3.8) is 0 Å². The van der Waals surface area contributed by atoms with E-state index >= 15 is 0 Å². The first-order chi connectivity index (χ1) is 8.65. The highest BCUT2D eigenvalue weighted by Crippen LogP contribution is 2.39. The van der Waals surface area contributed by atoms with Gasteiger partial charge < -0.3 is 5.11 Å². The van der Waals surface area contributed by atoms with Crippen LogP contribution in [0.4, 0.5) is 0 Å². The van der Waals surface area contributed by atoms with Crippen molar-refractivity contribution in [2.45, 2.75) is 18.8 Å². The fraction of sp³-hybridized carbons (Fsp3) is 0.231. The molecule has 1 N–H and O–H groups in total. The van der Waals surface area contributed by atoms with Gasteiger partial charge in [0, 0.05) is 16.6 Å². The summed E-state index contributed by atoms with van der Waals surface area (Å²) in [5, 5.41) is 13.5. The first-order valence-corrected chi connectivity index (χ1v) is 6.53.